The predicted octanol–water partition coefficient (Wildman–Crippen LogP) is 2.97. The maximum Gasteiger partial charge on any atom is 0.169 e. The van der Waals surface area contributed by atoms with Crippen molar-refractivity contribution in [1.82, 2.24) is 5.32 Å². The molecule has 2 heteroatoms. The monoisotopic (exact) mass is 205 g/mol. The summed E-state index contributed by atoms with van der Waals surface area (Å²) in [5, 5.41) is 3.26. The molecule has 0 saturated carbocycles. The lowest BCUT2D eigenvalue weighted by atomic mass is 10.3. The summed E-state index contributed by atoms with van der Waals surface area (Å²) in [7, 11) is 0. The Morgan fingerprint density at radius 3 is 2.53 bits per heavy atom. The highest BCUT2D eigenvalue weighted by molar-refractivity contribution is 5.21. The van der Waals surface area contributed by atoms with Crippen molar-refractivity contribution >= 4 is 0 Å². The molecule has 15 heavy (non-hydrogen) atoms. The van der Waals surface area contributed by atoms with E-state index in [2.05, 4.69) is 32.2 Å². The summed E-state index contributed by atoms with van der Waals surface area (Å²) in [6.45, 7) is 7.10. The molecule has 0 radical (unpaired) electrons. The van der Waals surface area contributed by atoms with Crippen LogP contribution in [0, 0.1) is 0 Å². The molecule has 2 nitrogen and oxygen atoms in total. The Labute approximate surface area is 92.0 Å². The minimum absolute atomic E-state index is 0.0394. The largest absolute Gasteiger partial charge is 0.472 e. The van der Waals surface area contributed by atoms with Crippen LogP contribution in [0.3, 0.4) is 0 Å². The second-order valence-electron chi connectivity index (χ2n) is 3.65. The highest BCUT2D eigenvalue weighted by Gasteiger charge is 2.04. The van der Waals surface area contributed by atoms with Crippen molar-refractivity contribution in [2.45, 2.75) is 27.0 Å². The van der Waals surface area contributed by atoms with Crippen LogP contribution in [0.25, 0.3) is 0 Å². The molecule has 0 aromatic heterocycles. The molecule has 0 aliphatic heterocycles. The summed E-state index contributed by atoms with van der Waals surface area (Å²) in [5.41, 5.74) is 1.25. The Hall–Kier alpha value is -1.28. The fraction of sp³-hybridized carbons (Fsp3) is 0.385. The number of hydrogen-bond donors (Lipinski definition) is 1. The van der Waals surface area contributed by atoms with E-state index in [9.17, 15) is 0 Å². The first-order chi connectivity index (χ1) is 7.22. The van der Waals surface area contributed by atoms with Crippen LogP contribution in [0.15, 0.2) is 42.0 Å². The van der Waals surface area contributed by atoms with Gasteiger partial charge in [-0.05, 0) is 38.6 Å². The number of allylic oxidation sites excluding steroid dienone is 1. The number of likely N-dealkylation sites (N-methyl/N-ethyl adjacent to an activating group) is 1. The molecule has 0 aliphatic carbocycles. The summed E-state index contributed by atoms with van der Waals surface area (Å²) in [4.78, 5) is 0. The van der Waals surface area contributed by atoms with Crippen molar-refractivity contribution in [3.63, 3.8) is 0 Å². The molecule has 0 aliphatic rings. The summed E-state index contributed by atoms with van der Waals surface area (Å²) < 4.78 is 5.78. The van der Waals surface area contributed by atoms with E-state index in [1.807, 2.05) is 30.3 Å². The van der Waals surface area contributed by atoms with Gasteiger partial charge in [0.05, 0.1) is 0 Å². The SMILES string of the molecule is CCNC(C=C(C)C)Oc1ccccc1. The summed E-state index contributed by atoms with van der Waals surface area (Å²) in [5.74, 6) is 0.890. The lowest BCUT2D eigenvalue weighted by Gasteiger charge is -2.16. The van der Waals surface area contributed by atoms with Gasteiger partial charge >= 0.3 is 0 Å². The molecule has 1 unspecified atom stereocenters. The van der Waals surface area contributed by atoms with Gasteiger partial charge in [0.15, 0.2) is 6.23 Å². The molecule has 0 bridgehead atoms. The Morgan fingerprint density at radius 2 is 2.00 bits per heavy atom. The van der Waals surface area contributed by atoms with E-state index in [1.54, 1.807) is 0 Å². The van der Waals surface area contributed by atoms with Crippen LogP contribution < -0.4 is 10.1 Å². The van der Waals surface area contributed by atoms with Gasteiger partial charge in [-0.25, -0.2) is 0 Å². The molecule has 0 spiro atoms. The molecule has 0 amide bonds. The number of hydrogen-bond acceptors (Lipinski definition) is 2. The smallest absolute Gasteiger partial charge is 0.169 e. The predicted molar refractivity (Wildman–Crippen MR) is 64.0 cm³/mol. The third kappa shape index (κ3) is 4.66. The number of ether oxygens (including phenoxy) is 1. The van der Waals surface area contributed by atoms with Crippen LogP contribution in [0.4, 0.5) is 0 Å². The van der Waals surface area contributed by atoms with Gasteiger partial charge in [0.2, 0.25) is 0 Å². The number of para-hydroxylation sites is 1. The van der Waals surface area contributed by atoms with E-state index < -0.39 is 0 Å². The molecule has 0 heterocycles. The van der Waals surface area contributed by atoms with Gasteiger partial charge in [-0.2, -0.15) is 0 Å². The van der Waals surface area contributed by atoms with Gasteiger partial charge in [0.25, 0.3) is 0 Å². The fourth-order valence-electron chi connectivity index (χ4n) is 1.28. The molecule has 1 atom stereocenters. The second-order valence-corrected chi connectivity index (χ2v) is 3.65. The third-order valence-corrected chi connectivity index (χ3v) is 1.90. The Balaban J connectivity index is 2.63. The highest BCUT2D eigenvalue weighted by Crippen LogP contribution is 2.11. The zero-order chi connectivity index (χ0) is 11.1. The van der Waals surface area contributed by atoms with E-state index in [-0.39, 0.29) is 6.23 Å². The van der Waals surface area contributed by atoms with Crippen LogP contribution in [0.1, 0.15) is 20.8 Å². The van der Waals surface area contributed by atoms with Crippen molar-refractivity contribution in [2.75, 3.05) is 6.54 Å². The van der Waals surface area contributed by atoms with Crippen molar-refractivity contribution < 1.29 is 4.74 Å². The van der Waals surface area contributed by atoms with Gasteiger partial charge in [0.1, 0.15) is 5.75 Å². The molecule has 1 aromatic carbocycles. The Morgan fingerprint density at radius 1 is 1.33 bits per heavy atom. The summed E-state index contributed by atoms with van der Waals surface area (Å²) in [6.07, 6.45) is 2.04. The van der Waals surface area contributed by atoms with Crippen LogP contribution in [0.2, 0.25) is 0 Å². The van der Waals surface area contributed by atoms with Gasteiger partial charge < -0.3 is 4.74 Å². The number of rotatable bonds is 5. The van der Waals surface area contributed by atoms with Crippen LogP contribution in [-0.4, -0.2) is 12.8 Å². The van der Waals surface area contributed by atoms with E-state index in [0.29, 0.717) is 0 Å². The zero-order valence-corrected chi connectivity index (χ0v) is 9.66. The molecule has 0 saturated heterocycles. The minimum atomic E-state index is -0.0394. The molecule has 1 N–H and O–H groups in total. The normalized spacial score (nSPS) is 11.9. The van der Waals surface area contributed by atoms with Crippen LogP contribution in [0.5, 0.6) is 5.75 Å². The lowest BCUT2D eigenvalue weighted by molar-refractivity contribution is 0.212. The van der Waals surface area contributed by atoms with E-state index in [0.717, 1.165) is 12.3 Å². The maximum atomic E-state index is 5.78. The second kappa shape index (κ2) is 6.25. The van der Waals surface area contributed by atoms with Crippen molar-refractivity contribution in [3.8, 4) is 5.75 Å². The average Bonchev–Trinajstić information content (AvgIpc) is 2.18. The molecular formula is C13H19NO. The quantitative estimate of drug-likeness (QED) is 0.589. The van der Waals surface area contributed by atoms with Crippen molar-refractivity contribution in [3.05, 3.63) is 42.0 Å². The molecular weight excluding hydrogens is 186 g/mol. The highest BCUT2D eigenvalue weighted by atomic mass is 16.5. The van der Waals surface area contributed by atoms with E-state index in [4.69, 9.17) is 4.74 Å². The molecule has 0 fully saturated rings. The van der Waals surface area contributed by atoms with Gasteiger partial charge in [-0.3, -0.25) is 5.32 Å². The zero-order valence-electron chi connectivity index (χ0n) is 9.66. The molecule has 1 rings (SSSR count). The average molecular weight is 205 g/mol. The molecule has 1 aromatic rings. The minimum Gasteiger partial charge on any atom is -0.472 e. The van der Waals surface area contributed by atoms with Crippen molar-refractivity contribution in [1.29, 1.82) is 0 Å². The first-order valence-electron chi connectivity index (χ1n) is 5.32. The van der Waals surface area contributed by atoms with Gasteiger partial charge in [0, 0.05) is 0 Å². The first kappa shape index (κ1) is 11.8. The van der Waals surface area contributed by atoms with E-state index >= 15 is 0 Å². The Bertz CT molecular complexity index is 302. The Kier molecular flexibility index (Phi) is 4.91. The number of nitrogens with one attached hydrogen (secondary N) is 1. The molecule has 82 valence electrons. The third-order valence-electron chi connectivity index (χ3n) is 1.90. The maximum absolute atomic E-state index is 5.78. The summed E-state index contributed by atoms with van der Waals surface area (Å²) in [6, 6.07) is 9.85. The summed E-state index contributed by atoms with van der Waals surface area (Å²) >= 11 is 0. The van der Waals surface area contributed by atoms with Crippen LogP contribution in [-0.2, 0) is 0 Å². The van der Waals surface area contributed by atoms with Gasteiger partial charge in [-0.15, -0.1) is 0 Å². The topological polar surface area (TPSA) is 21.3 Å². The number of benzene rings is 1. The standard InChI is InChI=1S/C13H19NO/c1-4-14-13(10-11(2)3)15-12-8-6-5-7-9-12/h5-10,13-14H,4H2,1-3H3. The fourth-order valence-corrected chi connectivity index (χ4v) is 1.28. The van der Waals surface area contributed by atoms with Crippen molar-refractivity contribution in [2.24, 2.45) is 0 Å². The van der Waals surface area contributed by atoms with Crippen LogP contribution >= 0.6 is 0 Å². The first-order valence-corrected chi connectivity index (χ1v) is 5.32. The lowest BCUT2D eigenvalue weighted by Crippen LogP contribution is -2.32. The van der Waals surface area contributed by atoms with Gasteiger partial charge in [-0.1, -0.05) is 30.7 Å². The van der Waals surface area contributed by atoms with E-state index in [1.165, 1.54) is 5.57 Å².